The topological polar surface area (TPSA) is 126 Å². The van der Waals surface area contributed by atoms with E-state index in [0.29, 0.717) is 11.4 Å². The summed E-state index contributed by atoms with van der Waals surface area (Å²) in [6, 6.07) is 12.7. The minimum absolute atomic E-state index is 0.0106. The average molecular weight is 447 g/mol. The van der Waals surface area contributed by atoms with E-state index in [4.69, 9.17) is 4.74 Å². The Kier molecular flexibility index (Phi) is 7.13. The van der Waals surface area contributed by atoms with E-state index in [9.17, 15) is 18.0 Å². The maximum Gasteiger partial charge on any atom is 0.240 e. The highest BCUT2D eigenvalue weighted by molar-refractivity contribution is 7.89. The van der Waals surface area contributed by atoms with Crippen molar-refractivity contribution < 1.29 is 22.7 Å². The molecule has 4 N–H and O–H groups in total. The van der Waals surface area contributed by atoms with Gasteiger partial charge in [-0.1, -0.05) is 12.1 Å². The van der Waals surface area contributed by atoms with Crippen LogP contribution < -0.4 is 25.6 Å². The number of anilines is 1. The molecule has 2 amide bonds. The molecule has 2 aromatic carbocycles. The number of nitrogens with one attached hydrogen (secondary N) is 4. The highest BCUT2D eigenvalue weighted by atomic mass is 32.2. The van der Waals surface area contributed by atoms with Crippen molar-refractivity contribution in [3.63, 3.8) is 0 Å². The molecule has 0 bridgehead atoms. The third-order valence-electron chi connectivity index (χ3n) is 4.70. The molecule has 0 aromatic heterocycles. The van der Waals surface area contributed by atoms with Gasteiger partial charge >= 0.3 is 0 Å². The summed E-state index contributed by atoms with van der Waals surface area (Å²) in [5, 5.41) is 2.77. The fraction of sp³-hybridized carbons (Fsp3) is 0.333. The van der Waals surface area contributed by atoms with Crippen molar-refractivity contribution in [2.45, 2.75) is 43.2 Å². The highest BCUT2D eigenvalue weighted by Crippen LogP contribution is 2.23. The number of hydrogen-bond acceptors (Lipinski definition) is 6. The summed E-state index contributed by atoms with van der Waals surface area (Å²) < 4.78 is 32.1. The lowest BCUT2D eigenvalue weighted by molar-refractivity contribution is -0.122. The molecule has 0 aliphatic heterocycles. The van der Waals surface area contributed by atoms with Crippen molar-refractivity contribution in [3.8, 4) is 5.75 Å². The summed E-state index contributed by atoms with van der Waals surface area (Å²) in [5.41, 5.74) is 6.62. The molecule has 0 radical (unpaired) electrons. The first-order valence-electron chi connectivity index (χ1n) is 9.85. The van der Waals surface area contributed by atoms with Gasteiger partial charge in [-0.2, -0.15) is 0 Å². The molecule has 1 atom stereocenters. The van der Waals surface area contributed by atoms with Gasteiger partial charge in [-0.3, -0.25) is 20.4 Å². The van der Waals surface area contributed by atoms with Gasteiger partial charge in [-0.15, -0.1) is 0 Å². The van der Waals surface area contributed by atoms with E-state index in [-0.39, 0.29) is 29.2 Å². The van der Waals surface area contributed by atoms with E-state index in [2.05, 4.69) is 20.9 Å². The fourth-order valence-electron chi connectivity index (χ4n) is 2.92. The van der Waals surface area contributed by atoms with Crippen molar-refractivity contribution in [1.82, 2.24) is 15.5 Å². The first kappa shape index (κ1) is 22.6. The number of sulfonamides is 1. The molecular formula is C21H26N4O5S. The predicted octanol–water partition coefficient (Wildman–Crippen LogP) is 1.85. The largest absolute Gasteiger partial charge is 0.497 e. The molecule has 1 saturated carbocycles. The number of benzene rings is 2. The zero-order chi connectivity index (χ0) is 22.4. The monoisotopic (exact) mass is 446 g/mol. The molecular weight excluding hydrogens is 420 g/mol. The Hall–Kier alpha value is -3.11. The molecule has 1 unspecified atom stereocenters. The Morgan fingerprint density at radius 3 is 2.26 bits per heavy atom. The standard InChI is InChI=1S/C21H26N4O5S/c1-14(26)22-20(15-3-9-18(30-2)10-4-15)13-21(27)24-23-16-7-11-19(12-8-16)31(28,29)25-17-5-6-17/h3-4,7-12,17,20,23,25H,5-6,13H2,1-2H3,(H,22,26)(H,24,27). The smallest absolute Gasteiger partial charge is 0.240 e. The molecule has 9 nitrogen and oxygen atoms in total. The molecule has 0 spiro atoms. The second-order valence-electron chi connectivity index (χ2n) is 7.32. The van der Waals surface area contributed by atoms with E-state index in [1.54, 1.807) is 43.5 Å². The van der Waals surface area contributed by atoms with Crippen LogP contribution in [0.4, 0.5) is 5.69 Å². The van der Waals surface area contributed by atoms with E-state index in [0.717, 1.165) is 18.4 Å². The second kappa shape index (κ2) is 9.80. The van der Waals surface area contributed by atoms with Gasteiger partial charge in [0.15, 0.2) is 0 Å². The van der Waals surface area contributed by atoms with Gasteiger partial charge < -0.3 is 10.1 Å². The maximum absolute atomic E-state index is 12.4. The molecule has 10 heteroatoms. The Labute approximate surface area is 181 Å². The Morgan fingerprint density at radius 2 is 1.71 bits per heavy atom. The lowest BCUT2D eigenvalue weighted by Crippen LogP contribution is -2.35. The third-order valence-corrected chi connectivity index (χ3v) is 6.23. The summed E-state index contributed by atoms with van der Waals surface area (Å²) in [6.45, 7) is 1.39. The van der Waals surface area contributed by atoms with Crippen LogP contribution >= 0.6 is 0 Å². The van der Waals surface area contributed by atoms with Crippen molar-refractivity contribution >= 4 is 27.5 Å². The van der Waals surface area contributed by atoms with E-state index in [1.807, 2.05) is 0 Å². The van der Waals surface area contributed by atoms with Gasteiger partial charge in [-0.05, 0) is 54.8 Å². The van der Waals surface area contributed by atoms with E-state index >= 15 is 0 Å². The minimum atomic E-state index is -3.52. The van der Waals surface area contributed by atoms with Crippen molar-refractivity contribution in [3.05, 3.63) is 54.1 Å². The zero-order valence-corrected chi connectivity index (χ0v) is 18.2. The Morgan fingerprint density at radius 1 is 1.06 bits per heavy atom. The number of methoxy groups -OCH3 is 1. The minimum Gasteiger partial charge on any atom is -0.497 e. The van der Waals surface area contributed by atoms with E-state index < -0.39 is 16.1 Å². The average Bonchev–Trinajstić information content (AvgIpc) is 3.55. The Bertz CT molecular complexity index is 1020. The normalized spacial score (nSPS) is 14.4. The zero-order valence-electron chi connectivity index (χ0n) is 17.3. The number of hydrogen-bond donors (Lipinski definition) is 4. The van der Waals surface area contributed by atoms with Crippen molar-refractivity contribution in [1.29, 1.82) is 0 Å². The molecule has 3 rings (SSSR count). The van der Waals surface area contributed by atoms with Crippen molar-refractivity contribution in [2.24, 2.45) is 0 Å². The SMILES string of the molecule is COc1ccc(C(CC(=O)NNc2ccc(S(=O)(=O)NC3CC3)cc2)NC(C)=O)cc1. The quantitative estimate of drug-likeness (QED) is 0.413. The summed E-state index contributed by atoms with van der Waals surface area (Å²) in [4.78, 5) is 24.1. The molecule has 166 valence electrons. The first-order chi connectivity index (χ1) is 14.8. The van der Waals surface area contributed by atoms with Gasteiger partial charge in [-0.25, -0.2) is 13.1 Å². The number of carbonyl (C=O) groups is 2. The highest BCUT2D eigenvalue weighted by Gasteiger charge is 2.27. The van der Waals surface area contributed by atoms with Crippen LogP contribution in [0.25, 0.3) is 0 Å². The summed E-state index contributed by atoms with van der Waals surface area (Å²) >= 11 is 0. The van der Waals surface area contributed by atoms with Crippen LogP contribution in [0.2, 0.25) is 0 Å². The molecule has 31 heavy (non-hydrogen) atoms. The summed E-state index contributed by atoms with van der Waals surface area (Å²) in [6.07, 6.45) is 1.73. The molecule has 1 fully saturated rings. The number of hydrazine groups is 1. The molecule has 0 saturated heterocycles. The van der Waals surface area contributed by atoms with Gasteiger partial charge in [0.25, 0.3) is 0 Å². The number of carbonyl (C=O) groups excluding carboxylic acids is 2. The van der Waals surface area contributed by atoms with Crippen LogP contribution in [0.15, 0.2) is 53.4 Å². The lowest BCUT2D eigenvalue weighted by atomic mass is 10.0. The van der Waals surface area contributed by atoms with Crippen LogP contribution in [0.3, 0.4) is 0 Å². The predicted molar refractivity (Wildman–Crippen MR) is 116 cm³/mol. The second-order valence-corrected chi connectivity index (χ2v) is 9.04. The van der Waals surface area contributed by atoms with Crippen molar-refractivity contribution in [2.75, 3.05) is 12.5 Å². The van der Waals surface area contributed by atoms with Gasteiger partial charge in [0.05, 0.1) is 30.2 Å². The van der Waals surface area contributed by atoms with E-state index in [1.165, 1.54) is 19.1 Å². The number of ether oxygens (including phenoxy) is 1. The van der Waals surface area contributed by atoms with Crippen LogP contribution in [-0.2, 0) is 19.6 Å². The molecule has 0 heterocycles. The molecule has 1 aliphatic carbocycles. The lowest BCUT2D eigenvalue weighted by Gasteiger charge is -2.19. The van der Waals surface area contributed by atoms with Crippen LogP contribution in [0.5, 0.6) is 5.75 Å². The first-order valence-corrected chi connectivity index (χ1v) is 11.3. The fourth-order valence-corrected chi connectivity index (χ4v) is 4.22. The summed E-state index contributed by atoms with van der Waals surface area (Å²) in [5.74, 6) is 0.0779. The van der Waals surface area contributed by atoms with Gasteiger partial charge in [0.2, 0.25) is 21.8 Å². The van der Waals surface area contributed by atoms with Gasteiger partial charge in [0, 0.05) is 13.0 Å². The third kappa shape index (κ3) is 6.69. The van der Waals surface area contributed by atoms with Crippen LogP contribution in [0, 0.1) is 0 Å². The van der Waals surface area contributed by atoms with Crippen LogP contribution in [0.1, 0.15) is 37.8 Å². The summed E-state index contributed by atoms with van der Waals surface area (Å²) in [7, 11) is -1.96. The van der Waals surface area contributed by atoms with Crippen LogP contribution in [-0.4, -0.2) is 33.4 Å². The molecule has 1 aliphatic rings. The maximum atomic E-state index is 12.4. The number of rotatable bonds is 10. The Balaban J connectivity index is 1.57. The molecule has 2 aromatic rings. The van der Waals surface area contributed by atoms with Gasteiger partial charge in [0.1, 0.15) is 5.75 Å². The number of amides is 2.